The fourth-order valence-electron chi connectivity index (χ4n) is 3.33. The predicted molar refractivity (Wildman–Crippen MR) is 109 cm³/mol. The molecule has 2 rings (SSSR count). The molecule has 0 aliphatic heterocycles. The molecule has 27 heavy (non-hydrogen) atoms. The fraction of sp³-hybridized carbons (Fsp3) is 0.571. The number of halogens is 1. The molecule has 0 bridgehead atoms. The van der Waals surface area contributed by atoms with E-state index in [2.05, 4.69) is 15.6 Å². The first-order valence-corrected chi connectivity index (χ1v) is 10.4. The van der Waals surface area contributed by atoms with Crippen LogP contribution in [0.2, 0.25) is 5.02 Å². The number of rotatable bonds is 4. The monoisotopic (exact) mass is 388 g/mol. The molecular formula is C21H29ClN4O. The number of nitrogens with one attached hydrogen (secondary N) is 2. The van der Waals surface area contributed by atoms with E-state index in [9.17, 15) is 10.1 Å². The lowest BCUT2D eigenvalue weighted by Gasteiger charge is -2.19. The van der Waals surface area contributed by atoms with Crippen molar-refractivity contribution >= 4 is 23.3 Å². The molecule has 0 saturated heterocycles. The molecule has 1 aliphatic rings. The zero-order chi connectivity index (χ0) is 19.3. The Balaban J connectivity index is 1.90. The lowest BCUT2D eigenvalue weighted by Crippen LogP contribution is -2.35. The van der Waals surface area contributed by atoms with E-state index < -0.39 is 0 Å². The number of anilines is 1. The molecule has 146 valence electrons. The van der Waals surface area contributed by atoms with Gasteiger partial charge >= 0.3 is 0 Å². The normalized spacial score (nSPS) is 17.9. The van der Waals surface area contributed by atoms with Gasteiger partial charge in [-0.3, -0.25) is 4.79 Å². The molecule has 1 aromatic heterocycles. The van der Waals surface area contributed by atoms with Crippen LogP contribution in [0, 0.1) is 11.3 Å². The summed E-state index contributed by atoms with van der Waals surface area (Å²) in [7, 11) is 0. The number of pyridine rings is 1. The number of hydrogen-bond acceptors (Lipinski definition) is 4. The molecule has 1 aliphatic carbocycles. The van der Waals surface area contributed by atoms with Gasteiger partial charge in [-0.25, -0.2) is 4.98 Å². The Bertz CT molecular complexity index is 639. The second-order valence-corrected chi connectivity index (χ2v) is 7.54. The minimum atomic E-state index is -0.323. The molecule has 6 heteroatoms. The van der Waals surface area contributed by atoms with E-state index in [1.165, 1.54) is 57.3 Å². The van der Waals surface area contributed by atoms with Gasteiger partial charge in [0.1, 0.15) is 17.5 Å². The highest BCUT2D eigenvalue weighted by molar-refractivity contribution is 6.30. The second-order valence-electron chi connectivity index (χ2n) is 7.11. The summed E-state index contributed by atoms with van der Waals surface area (Å²) in [5.41, 5.74) is 0.0536. The van der Waals surface area contributed by atoms with Crippen LogP contribution in [0.1, 0.15) is 70.6 Å². The maximum absolute atomic E-state index is 12.5. The first kappa shape index (κ1) is 21.2. The minimum Gasteiger partial charge on any atom is -0.349 e. The Morgan fingerprint density at radius 1 is 1.07 bits per heavy atom. The Kier molecular flexibility index (Phi) is 9.72. The Morgan fingerprint density at radius 2 is 1.67 bits per heavy atom. The van der Waals surface area contributed by atoms with Crippen LogP contribution < -0.4 is 10.6 Å². The van der Waals surface area contributed by atoms with Crippen LogP contribution in [-0.2, 0) is 4.79 Å². The van der Waals surface area contributed by atoms with Gasteiger partial charge in [-0.2, -0.15) is 5.26 Å². The highest BCUT2D eigenvalue weighted by atomic mass is 35.5. The van der Waals surface area contributed by atoms with Gasteiger partial charge < -0.3 is 10.6 Å². The SMILES string of the molecule is N#C/C(=C/Nc1ccc(Cl)cn1)C(=O)NC1CCCCCCCCCCC1. The zero-order valence-corrected chi connectivity index (χ0v) is 16.6. The van der Waals surface area contributed by atoms with E-state index in [1.54, 1.807) is 12.1 Å². The Labute approximate surface area is 167 Å². The van der Waals surface area contributed by atoms with Crippen LogP contribution in [-0.4, -0.2) is 16.9 Å². The van der Waals surface area contributed by atoms with Gasteiger partial charge in [0.05, 0.1) is 5.02 Å². The van der Waals surface area contributed by atoms with Gasteiger partial charge in [0.2, 0.25) is 0 Å². The van der Waals surface area contributed by atoms with Crippen molar-refractivity contribution in [3.63, 3.8) is 0 Å². The van der Waals surface area contributed by atoms with E-state index in [-0.39, 0.29) is 17.5 Å². The molecule has 0 spiro atoms. The molecule has 0 aromatic carbocycles. The van der Waals surface area contributed by atoms with Crippen LogP contribution in [0.15, 0.2) is 30.1 Å². The number of carbonyl (C=O) groups excluding carboxylic acids is 1. The fourth-order valence-corrected chi connectivity index (χ4v) is 3.44. The average Bonchev–Trinajstić information content (AvgIpc) is 2.66. The third kappa shape index (κ3) is 8.45. The van der Waals surface area contributed by atoms with Crippen LogP contribution in [0.25, 0.3) is 0 Å². The topological polar surface area (TPSA) is 77.8 Å². The Morgan fingerprint density at radius 3 is 2.19 bits per heavy atom. The number of nitriles is 1. The maximum atomic E-state index is 12.5. The molecule has 0 radical (unpaired) electrons. The molecule has 0 unspecified atom stereocenters. The van der Waals surface area contributed by atoms with E-state index >= 15 is 0 Å². The predicted octanol–water partition coefficient (Wildman–Crippen LogP) is 5.34. The minimum absolute atomic E-state index is 0.0536. The summed E-state index contributed by atoms with van der Waals surface area (Å²) >= 11 is 5.80. The summed E-state index contributed by atoms with van der Waals surface area (Å²) < 4.78 is 0. The lowest BCUT2D eigenvalue weighted by molar-refractivity contribution is -0.117. The van der Waals surface area contributed by atoms with Crippen LogP contribution in [0.4, 0.5) is 5.82 Å². The summed E-state index contributed by atoms with van der Waals surface area (Å²) in [6, 6.07) is 5.50. The standard InChI is InChI=1S/C21H29ClN4O/c22-18-12-13-20(25-16-18)24-15-17(14-23)21(27)26-19-10-8-6-4-2-1-3-5-7-9-11-19/h12-13,15-16,19H,1-11H2,(H,24,25)(H,26,27)/b17-15-. The zero-order valence-electron chi connectivity index (χ0n) is 15.8. The highest BCUT2D eigenvalue weighted by Gasteiger charge is 2.16. The first-order valence-electron chi connectivity index (χ1n) is 9.98. The molecule has 2 N–H and O–H groups in total. The van der Waals surface area contributed by atoms with Gasteiger partial charge in [0, 0.05) is 18.4 Å². The molecule has 1 saturated carbocycles. The highest BCUT2D eigenvalue weighted by Crippen LogP contribution is 2.17. The quantitative estimate of drug-likeness (QED) is 0.538. The summed E-state index contributed by atoms with van der Waals surface area (Å²) in [5, 5.41) is 15.8. The van der Waals surface area contributed by atoms with E-state index in [0.29, 0.717) is 10.8 Å². The number of carbonyl (C=O) groups is 1. The van der Waals surface area contributed by atoms with Gasteiger partial charge in [-0.1, -0.05) is 69.4 Å². The van der Waals surface area contributed by atoms with Gasteiger partial charge in [0.25, 0.3) is 5.91 Å². The number of aromatic nitrogens is 1. The van der Waals surface area contributed by atoms with Crippen molar-refractivity contribution in [3.05, 3.63) is 35.1 Å². The largest absolute Gasteiger partial charge is 0.349 e. The summed E-state index contributed by atoms with van der Waals surface area (Å²) in [5.74, 6) is 0.210. The van der Waals surface area contributed by atoms with Crippen molar-refractivity contribution in [2.45, 2.75) is 76.7 Å². The summed E-state index contributed by atoms with van der Waals surface area (Å²) in [6.07, 6.45) is 16.1. The van der Waals surface area contributed by atoms with E-state index in [0.717, 1.165) is 25.7 Å². The van der Waals surface area contributed by atoms with Crippen molar-refractivity contribution in [3.8, 4) is 6.07 Å². The average molecular weight is 389 g/mol. The maximum Gasteiger partial charge on any atom is 0.263 e. The van der Waals surface area contributed by atoms with Gasteiger partial charge in [-0.05, 0) is 25.0 Å². The van der Waals surface area contributed by atoms with Crippen LogP contribution in [0.5, 0.6) is 0 Å². The van der Waals surface area contributed by atoms with Crippen molar-refractivity contribution in [1.82, 2.24) is 10.3 Å². The lowest BCUT2D eigenvalue weighted by atomic mass is 9.98. The summed E-state index contributed by atoms with van der Waals surface area (Å²) in [6.45, 7) is 0. The molecule has 1 heterocycles. The second kappa shape index (κ2) is 12.3. The molecule has 1 amide bonds. The third-order valence-electron chi connectivity index (χ3n) is 4.90. The van der Waals surface area contributed by atoms with E-state index in [4.69, 9.17) is 11.6 Å². The van der Waals surface area contributed by atoms with Crippen LogP contribution in [0.3, 0.4) is 0 Å². The summed E-state index contributed by atoms with van der Waals surface area (Å²) in [4.78, 5) is 16.6. The van der Waals surface area contributed by atoms with Crippen LogP contribution >= 0.6 is 11.6 Å². The Hall–Kier alpha value is -2.06. The number of nitrogens with zero attached hydrogens (tertiary/aromatic N) is 2. The third-order valence-corrected chi connectivity index (χ3v) is 5.12. The number of amides is 1. The van der Waals surface area contributed by atoms with Crippen molar-refractivity contribution in [2.24, 2.45) is 0 Å². The molecule has 0 atom stereocenters. The van der Waals surface area contributed by atoms with Crippen molar-refractivity contribution in [2.75, 3.05) is 5.32 Å². The van der Waals surface area contributed by atoms with Gasteiger partial charge in [0.15, 0.2) is 0 Å². The number of hydrogen-bond donors (Lipinski definition) is 2. The first-order chi connectivity index (χ1) is 13.2. The smallest absolute Gasteiger partial charge is 0.263 e. The van der Waals surface area contributed by atoms with Crippen molar-refractivity contribution < 1.29 is 4.79 Å². The molecular weight excluding hydrogens is 360 g/mol. The van der Waals surface area contributed by atoms with E-state index in [1.807, 2.05) is 6.07 Å². The van der Waals surface area contributed by atoms with Gasteiger partial charge in [-0.15, -0.1) is 0 Å². The van der Waals surface area contributed by atoms with Crippen molar-refractivity contribution in [1.29, 1.82) is 5.26 Å². The molecule has 1 fully saturated rings. The molecule has 5 nitrogen and oxygen atoms in total. The molecule has 1 aromatic rings.